The average molecular weight is 421 g/mol. The smallest absolute Gasteiger partial charge is 0.238 e. The number of nitrogens with one attached hydrogen (secondary N) is 1. The molecule has 2 heterocycles. The van der Waals surface area contributed by atoms with Gasteiger partial charge in [-0.25, -0.2) is 4.98 Å². The maximum atomic E-state index is 6.06. The van der Waals surface area contributed by atoms with E-state index < -0.39 is 0 Å². The number of hydrogen-bond donors (Lipinski definition) is 2. The fourth-order valence-corrected chi connectivity index (χ4v) is 3.56. The molecule has 4 rings (SSSR count). The van der Waals surface area contributed by atoms with Gasteiger partial charge in [-0.05, 0) is 56.1 Å². The van der Waals surface area contributed by atoms with E-state index in [4.69, 9.17) is 24.9 Å². The lowest BCUT2D eigenvalue weighted by molar-refractivity contribution is 0.0976. The third-order valence-electron chi connectivity index (χ3n) is 4.99. The summed E-state index contributed by atoms with van der Waals surface area (Å²) in [6, 6.07) is 18.0. The van der Waals surface area contributed by atoms with Crippen LogP contribution in [0.4, 0.5) is 11.4 Å². The third-order valence-corrected chi connectivity index (χ3v) is 4.99. The van der Waals surface area contributed by atoms with E-state index in [1.54, 1.807) is 7.11 Å². The number of anilines is 2. The number of nitrogens with two attached hydrogens (primary N) is 1. The number of fused-ring (bicyclic) bond motifs is 1. The molecule has 0 saturated carbocycles. The molecule has 3 N–H and O–H groups in total. The molecule has 3 aromatic rings. The topological polar surface area (TPSA) is 81.9 Å². The molecule has 0 saturated heterocycles. The van der Waals surface area contributed by atoms with Gasteiger partial charge in [-0.15, -0.1) is 0 Å². The molecule has 7 nitrogen and oxygen atoms in total. The number of aromatic nitrogens is 1. The summed E-state index contributed by atoms with van der Waals surface area (Å²) in [6.07, 6.45) is -0.175. The van der Waals surface area contributed by atoms with Gasteiger partial charge >= 0.3 is 0 Å². The molecule has 0 amide bonds. The molecule has 7 heteroatoms. The highest BCUT2D eigenvalue weighted by atomic mass is 16.6. The van der Waals surface area contributed by atoms with Crippen molar-refractivity contribution in [3.8, 4) is 28.6 Å². The maximum Gasteiger partial charge on any atom is 0.238 e. The van der Waals surface area contributed by atoms with Crippen LogP contribution in [-0.2, 0) is 6.54 Å². The van der Waals surface area contributed by atoms with Crippen LogP contribution in [0.2, 0.25) is 0 Å². The summed E-state index contributed by atoms with van der Waals surface area (Å²) in [7, 11) is 5.72. The zero-order valence-electron chi connectivity index (χ0n) is 18.1. The van der Waals surface area contributed by atoms with Gasteiger partial charge in [0.15, 0.2) is 11.5 Å². The molecule has 1 aromatic heterocycles. The highest BCUT2D eigenvalue weighted by Gasteiger charge is 2.24. The lowest BCUT2D eigenvalue weighted by atomic mass is 10.1. The first-order valence-electron chi connectivity index (χ1n) is 10.3. The lowest BCUT2D eigenvalue weighted by Gasteiger charge is -2.27. The summed E-state index contributed by atoms with van der Waals surface area (Å²) in [5, 5.41) is 3.42. The predicted molar refractivity (Wildman–Crippen MR) is 122 cm³/mol. The van der Waals surface area contributed by atoms with Gasteiger partial charge in [0, 0.05) is 24.3 Å². The van der Waals surface area contributed by atoms with Gasteiger partial charge in [-0.2, -0.15) is 0 Å². The van der Waals surface area contributed by atoms with Crippen LogP contribution in [0, 0.1) is 0 Å². The first-order chi connectivity index (χ1) is 15.1. The normalized spacial score (nSPS) is 15.1. The standard InChI is InChI=1S/C24H28N4O3/c1-28(2)14-16-6-4-7-17(12-16)26-21-11-10-20(27-24(21)29-3)19-8-5-9-22-23(19)31-18(13-25)15-30-22/h4-12,18,26H,13-15,25H2,1-3H3/t18-/m1/s1. The summed E-state index contributed by atoms with van der Waals surface area (Å²) in [5.41, 5.74) is 10.3. The number of methoxy groups -OCH3 is 1. The van der Waals surface area contributed by atoms with Crippen LogP contribution >= 0.6 is 0 Å². The van der Waals surface area contributed by atoms with Crippen molar-refractivity contribution in [3.63, 3.8) is 0 Å². The van der Waals surface area contributed by atoms with Crippen LogP contribution in [0.3, 0.4) is 0 Å². The van der Waals surface area contributed by atoms with E-state index in [0.29, 0.717) is 30.5 Å². The molecule has 0 unspecified atom stereocenters. The monoisotopic (exact) mass is 420 g/mol. The second-order valence-electron chi connectivity index (χ2n) is 7.74. The highest BCUT2D eigenvalue weighted by Crippen LogP contribution is 2.41. The first-order valence-corrected chi connectivity index (χ1v) is 10.3. The largest absolute Gasteiger partial charge is 0.486 e. The molecule has 0 spiro atoms. The molecule has 0 radical (unpaired) electrons. The summed E-state index contributed by atoms with van der Waals surface area (Å²) >= 11 is 0. The lowest BCUT2D eigenvalue weighted by Crippen LogP contribution is -2.35. The molecule has 31 heavy (non-hydrogen) atoms. The predicted octanol–water partition coefficient (Wildman–Crippen LogP) is 3.66. The van der Waals surface area contributed by atoms with E-state index >= 15 is 0 Å². The van der Waals surface area contributed by atoms with Gasteiger partial charge in [-0.1, -0.05) is 18.2 Å². The molecule has 1 aliphatic rings. The Morgan fingerprint density at radius 3 is 2.77 bits per heavy atom. The van der Waals surface area contributed by atoms with Crippen LogP contribution in [-0.4, -0.2) is 50.3 Å². The molecule has 0 aliphatic carbocycles. The first kappa shape index (κ1) is 21.0. The van der Waals surface area contributed by atoms with E-state index in [9.17, 15) is 0 Å². The van der Waals surface area contributed by atoms with Crippen LogP contribution < -0.4 is 25.3 Å². The minimum Gasteiger partial charge on any atom is -0.486 e. The van der Waals surface area contributed by atoms with Crippen molar-refractivity contribution in [1.82, 2.24) is 9.88 Å². The van der Waals surface area contributed by atoms with Gasteiger partial charge in [0.25, 0.3) is 0 Å². The van der Waals surface area contributed by atoms with Crippen LogP contribution in [0.1, 0.15) is 5.56 Å². The molecule has 2 aromatic carbocycles. The molecule has 1 atom stereocenters. The Morgan fingerprint density at radius 1 is 1.16 bits per heavy atom. The molecule has 0 bridgehead atoms. The number of ether oxygens (including phenoxy) is 3. The van der Waals surface area contributed by atoms with Gasteiger partial charge < -0.3 is 30.2 Å². The van der Waals surface area contributed by atoms with Crippen molar-refractivity contribution >= 4 is 11.4 Å². The Bertz CT molecular complexity index is 1050. The van der Waals surface area contributed by atoms with Crippen molar-refractivity contribution in [2.75, 3.05) is 39.7 Å². The summed E-state index contributed by atoms with van der Waals surface area (Å²) in [5.74, 6) is 1.86. The van der Waals surface area contributed by atoms with Crippen LogP contribution in [0.5, 0.6) is 17.4 Å². The van der Waals surface area contributed by atoms with Crippen molar-refractivity contribution in [2.45, 2.75) is 12.6 Å². The van der Waals surface area contributed by atoms with Crippen molar-refractivity contribution in [2.24, 2.45) is 5.73 Å². The van der Waals surface area contributed by atoms with E-state index in [0.717, 1.165) is 29.2 Å². The number of nitrogens with zero attached hydrogens (tertiary/aromatic N) is 2. The molecule has 1 aliphatic heterocycles. The zero-order chi connectivity index (χ0) is 21.8. The zero-order valence-corrected chi connectivity index (χ0v) is 18.1. The van der Waals surface area contributed by atoms with E-state index in [2.05, 4.69) is 36.4 Å². The summed E-state index contributed by atoms with van der Waals surface area (Å²) < 4.78 is 17.5. The summed E-state index contributed by atoms with van der Waals surface area (Å²) in [4.78, 5) is 6.86. The van der Waals surface area contributed by atoms with E-state index in [1.807, 2.05) is 42.5 Å². The number of para-hydroxylation sites is 1. The SMILES string of the molecule is COc1nc(-c2cccc3c2O[C@H](CN)CO3)ccc1Nc1cccc(CN(C)C)c1. The van der Waals surface area contributed by atoms with E-state index in [-0.39, 0.29) is 6.10 Å². The third kappa shape index (κ3) is 4.73. The Labute approximate surface area is 182 Å². The quantitative estimate of drug-likeness (QED) is 0.604. The van der Waals surface area contributed by atoms with Crippen molar-refractivity contribution < 1.29 is 14.2 Å². The minimum atomic E-state index is -0.175. The van der Waals surface area contributed by atoms with Gasteiger partial charge in [0.1, 0.15) is 18.4 Å². The van der Waals surface area contributed by atoms with Gasteiger partial charge in [0.2, 0.25) is 5.88 Å². The summed E-state index contributed by atoms with van der Waals surface area (Å²) in [6.45, 7) is 1.70. The molecule has 0 fully saturated rings. The van der Waals surface area contributed by atoms with Crippen molar-refractivity contribution in [1.29, 1.82) is 0 Å². The minimum absolute atomic E-state index is 0.175. The number of benzene rings is 2. The van der Waals surface area contributed by atoms with E-state index in [1.165, 1.54) is 5.56 Å². The Balaban J connectivity index is 1.63. The fourth-order valence-electron chi connectivity index (χ4n) is 3.56. The average Bonchev–Trinajstić information content (AvgIpc) is 2.78. The van der Waals surface area contributed by atoms with Gasteiger partial charge in [0.05, 0.1) is 12.8 Å². The highest BCUT2D eigenvalue weighted by molar-refractivity contribution is 5.75. The number of pyridine rings is 1. The van der Waals surface area contributed by atoms with Crippen LogP contribution in [0.15, 0.2) is 54.6 Å². The Kier molecular flexibility index (Phi) is 6.25. The number of hydrogen-bond acceptors (Lipinski definition) is 7. The second kappa shape index (κ2) is 9.24. The number of rotatable bonds is 7. The van der Waals surface area contributed by atoms with Crippen molar-refractivity contribution in [3.05, 3.63) is 60.2 Å². The Morgan fingerprint density at radius 2 is 2.00 bits per heavy atom. The molecular weight excluding hydrogens is 392 g/mol. The van der Waals surface area contributed by atoms with Gasteiger partial charge in [-0.3, -0.25) is 0 Å². The fraction of sp³-hybridized carbons (Fsp3) is 0.292. The maximum absolute atomic E-state index is 6.06. The second-order valence-corrected chi connectivity index (χ2v) is 7.74. The Hall–Kier alpha value is -3.29. The molecular formula is C24H28N4O3. The van der Waals surface area contributed by atoms with Crippen LogP contribution in [0.25, 0.3) is 11.3 Å². The molecule has 162 valence electrons.